The summed E-state index contributed by atoms with van der Waals surface area (Å²) in [5.41, 5.74) is 2.43. The maximum Gasteiger partial charge on any atom is 0.220 e. The van der Waals surface area contributed by atoms with Crippen molar-refractivity contribution in [3.05, 3.63) is 51.5 Å². The number of rotatable bonds is 8. The SMILES string of the molecule is CCCCC(=O)NCCc1nc(C)c(Cc2ccccc2)s1. The Morgan fingerprint density at radius 3 is 2.77 bits per heavy atom. The topological polar surface area (TPSA) is 42.0 Å². The number of aromatic nitrogens is 1. The Morgan fingerprint density at radius 1 is 1.27 bits per heavy atom. The number of nitrogens with zero attached hydrogens (tertiary/aromatic N) is 1. The normalized spacial score (nSPS) is 10.6. The average molecular weight is 316 g/mol. The lowest BCUT2D eigenvalue weighted by atomic mass is 10.1. The molecule has 22 heavy (non-hydrogen) atoms. The van der Waals surface area contributed by atoms with E-state index in [1.165, 1.54) is 10.4 Å². The van der Waals surface area contributed by atoms with E-state index < -0.39 is 0 Å². The van der Waals surface area contributed by atoms with Crippen molar-refractivity contribution in [1.82, 2.24) is 10.3 Å². The monoisotopic (exact) mass is 316 g/mol. The van der Waals surface area contributed by atoms with Crippen LogP contribution in [-0.4, -0.2) is 17.4 Å². The van der Waals surface area contributed by atoms with Crippen molar-refractivity contribution in [3.8, 4) is 0 Å². The predicted molar refractivity (Wildman–Crippen MR) is 92.3 cm³/mol. The van der Waals surface area contributed by atoms with Crippen LogP contribution in [0, 0.1) is 6.92 Å². The second kappa shape index (κ2) is 8.69. The summed E-state index contributed by atoms with van der Waals surface area (Å²) in [6.45, 7) is 4.85. The van der Waals surface area contributed by atoms with Gasteiger partial charge in [-0.05, 0) is 18.9 Å². The Labute approximate surface area is 136 Å². The van der Waals surface area contributed by atoms with E-state index in [1.807, 2.05) is 6.07 Å². The molecule has 0 aliphatic carbocycles. The summed E-state index contributed by atoms with van der Waals surface area (Å²) in [5.74, 6) is 0.152. The fourth-order valence-corrected chi connectivity index (χ4v) is 3.38. The van der Waals surface area contributed by atoms with Gasteiger partial charge in [0.2, 0.25) is 5.91 Å². The van der Waals surface area contributed by atoms with E-state index >= 15 is 0 Å². The summed E-state index contributed by atoms with van der Waals surface area (Å²) in [6.07, 6.45) is 4.41. The fourth-order valence-electron chi connectivity index (χ4n) is 2.28. The quantitative estimate of drug-likeness (QED) is 0.803. The third-order valence-corrected chi connectivity index (χ3v) is 4.78. The lowest BCUT2D eigenvalue weighted by molar-refractivity contribution is -0.121. The van der Waals surface area contributed by atoms with Crippen molar-refractivity contribution < 1.29 is 4.79 Å². The lowest BCUT2D eigenvalue weighted by Gasteiger charge is -2.02. The number of hydrogen-bond acceptors (Lipinski definition) is 3. The molecule has 1 heterocycles. The van der Waals surface area contributed by atoms with E-state index in [0.29, 0.717) is 13.0 Å². The Hall–Kier alpha value is -1.68. The van der Waals surface area contributed by atoms with Crippen LogP contribution in [0.3, 0.4) is 0 Å². The number of hydrogen-bond donors (Lipinski definition) is 1. The zero-order valence-electron chi connectivity index (χ0n) is 13.4. The van der Waals surface area contributed by atoms with Gasteiger partial charge in [-0.3, -0.25) is 4.79 Å². The Kier molecular flexibility index (Phi) is 6.59. The van der Waals surface area contributed by atoms with Crippen molar-refractivity contribution in [2.45, 2.75) is 46.0 Å². The van der Waals surface area contributed by atoms with Gasteiger partial charge in [-0.15, -0.1) is 11.3 Å². The van der Waals surface area contributed by atoms with Crippen molar-refractivity contribution >= 4 is 17.2 Å². The molecule has 2 rings (SSSR count). The predicted octanol–water partition coefficient (Wildman–Crippen LogP) is 3.89. The molecule has 0 saturated carbocycles. The molecule has 1 N–H and O–H groups in total. The third kappa shape index (κ3) is 5.26. The third-order valence-electron chi connectivity index (χ3n) is 3.56. The average Bonchev–Trinajstić information content (AvgIpc) is 2.86. The molecule has 118 valence electrons. The molecule has 0 unspecified atom stereocenters. The maximum atomic E-state index is 11.6. The van der Waals surface area contributed by atoms with Gasteiger partial charge in [0.15, 0.2) is 0 Å². The molecular weight excluding hydrogens is 292 g/mol. The molecule has 0 bridgehead atoms. The minimum absolute atomic E-state index is 0.152. The number of aryl methyl sites for hydroxylation is 1. The molecule has 0 aliphatic rings. The maximum absolute atomic E-state index is 11.6. The van der Waals surface area contributed by atoms with E-state index in [-0.39, 0.29) is 5.91 Å². The van der Waals surface area contributed by atoms with Crippen LogP contribution in [0.5, 0.6) is 0 Å². The largest absolute Gasteiger partial charge is 0.356 e. The fraction of sp³-hybridized carbons (Fsp3) is 0.444. The van der Waals surface area contributed by atoms with Crippen molar-refractivity contribution in [2.24, 2.45) is 0 Å². The summed E-state index contributed by atoms with van der Waals surface area (Å²) >= 11 is 1.76. The van der Waals surface area contributed by atoms with Crippen LogP contribution >= 0.6 is 11.3 Å². The first-order valence-corrected chi connectivity index (χ1v) is 8.76. The molecule has 0 radical (unpaired) electrons. The first-order valence-electron chi connectivity index (χ1n) is 7.95. The zero-order chi connectivity index (χ0) is 15.8. The zero-order valence-corrected chi connectivity index (χ0v) is 14.2. The molecule has 2 aromatic rings. The molecule has 0 spiro atoms. The Bertz CT molecular complexity index is 592. The van der Waals surface area contributed by atoms with E-state index in [4.69, 9.17) is 0 Å². The number of amides is 1. The molecule has 0 fully saturated rings. The summed E-state index contributed by atoms with van der Waals surface area (Å²) in [5, 5.41) is 4.08. The van der Waals surface area contributed by atoms with Gasteiger partial charge in [-0.2, -0.15) is 0 Å². The Morgan fingerprint density at radius 2 is 2.05 bits per heavy atom. The van der Waals surface area contributed by atoms with E-state index in [2.05, 4.69) is 48.4 Å². The number of carbonyl (C=O) groups excluding carboxylic acids is 1. The second-order valence-corrected chi connectivity index (χ2v) is 6.65. The molecule has 1 aromatic heterocycles. The highest BCUT2D eigenvalue weighted by atomic mass is 32.1. The highest BCUT2D eigenvalue weighted by Crippen LogP contribution is 2.21. The molecular formula is C18H24N2OS. The van der Waals surface area contributed by atoms with Crippen LogP contribution in [0.15, 0.2) is 30.3 Å². The lowest BCUT2D eigenvalue weighted by Crippen LogP contribution is -2.25. The highest BCUT2D eigenvalue weighted by Gasteiger charge is 2.09. The first-order chi connectivity index (χ1) is 10.7. The van der Waals surface area contributed by atoms with E-state index in [9.17, 15) is 4.79 Å². The van der Waals surface area contributed by atoms with Gasteiger partial charge in [0.25, 0.3) is 0 Å². The highest BCUT2D eigenvalue weighted by molar-refractivity contribution is 7.11. The first kappa shape index (κ1) is 16.7. The van der Waals surface area contributed by atoms with Crippen molar-refractivity contribution in [2.75, 3.05) is 6.54 Å². The van der Waals surface area contributed by atoms with Crippen LogP contribution in [0.2, 0.25) is 0 Å². The molecule has 0 atom stereocenters. The number of unbranched alkanes of at least 4 members (excludes halogenated alkanes) is 1. The molecule has 0 aliphatic heterocycles. The van der Waals surface area contributed by atoms with Crippen LogP contribution in [-0.2, 0) is 17.6 Å². The number of nitrogens with one attached hydrogen (secondary N) is 1. The van der Waals surface area contributed by atoms with Gasteiger partial charge in [0.05, 0.1) is 10.7 Å². The van der Waals surface area contributed by atoms with Gasteiger partial charge in [-0.1, -0.05) is 43.7 Å². The summed E-state index contributed by atoms with van der Waals surface area (Å²) < 4.78 is 0. The summed E-state index contributed by atoms with van der Waals surface area (Å²) in [7, 11) is 0. The standard InChI is InChI=1S/C18H24N2OS/c1-3-4-10-17(21)19-12-11-18-20-14(2)16(22-18)13-15-8-6-5-7-9-15/h5-9H,3-4,10-13H2,1-2H3,(H,19,21). The van der Waals surface area contributed by atoms with Crippen LogP contribution < -0.4 is 5.32 Å². The number of benzene rings is 1. The number of carbonyl (C=O) groups is 1. The van der Waals surface area contributed by atoms with Crippen LogP contribution in [0.25, 0.3) is 0 Å². The number of thiazole rings is 1. The van der Waals surface area contributed by atoms with E-state index in [1.54, 1.807) is 11.3 Å². The Balaban J connectivity index is 1.83. The van der Waals surface area contributed by atoms with Gasteiger partial charge < -0.3 is 5.32 Å². The summed E-state index contributed by atoms with van der Waals surface area (Å²) in [4.78, 5) is 17.5. The van der Waals surface area contributed by atoms with Crippen LogP contribution in [0.4, 0.5) is 0 Å². The van der Waals surface area contributed by atoms with Gasteiger partial charge in [0, 0.05) is 30.7 Å². The van der Waals surface area contributed by atoms with Crippen molar-refractivity contribution in [1.29, 1.82) is 0 Å². The second-order valence-electron chi connectivity index (χ2n) is 5.48. The molecule has 1 aromatic carbocycles. The van der Waals surface area contributed by atoms with Gasteiger partial charge in [0.1, 0.15) is 0 Å². The molecule has 3 nitrogen and oxygen atoms in total. The molecule has 1 amide bonds. The molecule has 0 saturated heterocycles. The van der Waals surface area contributed by atoms with Crippen molar-refractivity contribution in [3.63, 3.8) is 0 Å². The molecule has 4 heteroatoms. The van der Waals surface area contributed by atoms with E-state index in [0.717, 1.165) is 36.4 Å². The van der Waals surface area contributed by atoms with Gasteiger partial charge >= 0.3 is 0 Å². The van der Waals surface area contributed by atoms with Crippen LogP contribution in [0.1, 0.15) is 47.3 Å². The smallest absolute Gasteiger partial charge is 0.220 e. The summed E-state index contributed by atoms with van der Waals surface area (Å²) in [6, 6.07) is 10.5. The minimum Gasteiger partial charge on any atom is -0.356 e. The minimum atomic E-state index is 0.152. The van der Waals surface area contributed by atoms with Gasteiger partial charge in [-0.25, -0.2) is 4.98 Å².